The van der Waals surface area contributed by atoms with Crippen LogP contribution >= 0.6 is 23.1 Å². The van der Waals surface area contributed by atoms with Crippen molar-refractivity contribution in [3.63, 3.8) is 0 Å². The quantitative estimate of drug-likeness (QED) is 0.892. The molecule has 1 unspecified atom stereocenters. The van der Waals surface area contributed by atoms with Gasteiger partial charge in [-0.25, -0.2) is 9.78 Å². The van der Waals surface area contributed by atoms with Crippen LogP contribution in [0.1, 0.15) is 15.5 Å². The van der Waals surface area contributed by atoms with Gasteiger partial charge in [0.25, 0.3) is 5.91 Å². The minimum absolute atomic E-state index is 0.0976. The lowest BCUT2D eigenvalue weighted by Gasteiger charge is -2.25. The summed E-state index contributed by atoms with van der Waals surface area (Å²) >= 11 is 2.72. The summed E-state index contributed by atoms with van der Waals surface area (Å²) in [5.74, 6) is -0.605. The van der Waals surface area contributed by atoms with Crippen LogP contribution in [0.15, 0.2) is 21.9 Å². The first-order valence-electron chi connectivity index (χ1n) is 6.52. The summed E-state index contributed by atoms with van der Waals surface area (Å²) in [6.07, 6.45) is 1.68. The minimum atomic E-state index is -0.581. The standard InChI is InChI=1S/C13H12N4O3S2/c1-7-15-9(6-22-7)11(18)14-3-4-17-12(19)10-8(2-5-21-10)16-13(17)20/h2,5-6,10H,3-4H2,1H3,(H,14,18). The maximum absolute atomic E-state index is 12.2. The van der Waals surface area contributed by atoms with Crippen LogP contribution in [-0.2, 0) is 4.79 Å². The molecule has 0 radical (unpaired) electrons. The van der Waals surface area contributed by atoms with Gasteiger partial charge in [-0.1, -0.05) is 0 Å². The maximum Gasteiger partial charge on any atom is 0.350 e. The Balaban J connectivity index is 1.57. The van der Waals surface area contributed by atoms with Gasteiger partial charge in [-0.15, -0.1) is 23.1 Å². The second-order valence-corrected chi connectivity index (χ2v) is 6.71. The molecule has 2 aliphatic heterocycles. The molecule has 1 N–H and O–H groups in total. The Labute approximate surface area is 134 Å². The molecule has 3 rings (SSSR count). The van der Waals surface area contributed by atoms with Crippen LogP contribution < -0.4 is 5.32 Å². The Hall–Kier alpha value is -2.00. The Morgan fingerprint density at radius 1 is 1.45 bits per heavy atom. The molecule has 0 fully saturated rings. The lowest BCUT2D eigenvalue weighted by molar-refractivity contribution is -0.126. The van der Waals surface area contributed by atoms with Crippen molar-refractivity contribution >= 4 is 46.7 Å². The van der Waals surface area contributed by atoms with Gasteiger partial charge in [0.05, 0.1) is 10.7 Å². The number of hydrogen-bond donors (Lipinski definition) is 1. The maximum atomic E-state index is 12.2. The van der Waals surface area contributed by atoms with Gasteiger partial charge < -0.3 is 5.32 Å². The molecule has 2 aliphatic rings. The third-order valence-corrected chi connectivity index (χ3v) is 4.92. The predicted molar refractivity (Wildman–Crippen MR) is 84.2 cm³/mol. The van der Waals surface area contributed by atoms with E-state index in [1.165, 1.54) is 23.1 Å². The summed E-state index contributed by atoms with van der Waals surface area (Å²) in [7, 11) is 0. The van der Waals surface area contributed by atoms with Crippen LogP contribution in [0.2, 0.25) is 0 Å². The Kier molecular flexibility index (Phi) is 4.08. The molecule has 7 nitrogen and oxygen atoms in total. The molecule has 0 aliphatic carbocycles. The van der Waals surface area contributed by atoms with Crippen molar-refractivity contribution in [2.45, 2.75) is 12.2 Å². The third kappa shape index (κ3) is 2.81. The van der Waals surface area contributed by atoms with E-state index in [9.17, 15) is 14.4 Å². The smallest absolute Gasteiger partial charge is 0.349 e. The van der Waals surface area contributed by atoms with Crippen LogP contribution in [0, 0.1) is 6.92 Å². The molecule has 1 aromatic heterocycles. The average Bonchev–Trinajstić information content (AvgIpc) is 3.11. The number of carbonyl (C=O) groups excluding carboxylic acids is 3. The summed E-state index contributed by atoms with van der Waals surface area (Å²) in [4.78, 5) is 44.9. The number of thioether (sulfide) groups is 1. The number of hydrogen-bond acceptors (Lipinski definition) is 6. The molecule has 22 heavy (non-hydrogen) atoms. The fourth-order valence-corrected chi connectivity index (χ4v) is 3.56. The molecule has 1 atom stereocenters. The first-order valence-corrected chi connectivity index (χ1v) is 8.35. The molecular weight excluding hydrogens is 324 g/mol. The summed E-state index contributed by atoms with van der Waals surface area (Å²) in [6, 6.07) is -0.581. The van der Waals surface area contributed by atoms with Crippen LogP contribution in [0.5, 0.6) is 0 Å². The second kappa shape index (κ2) is 6.01. The minimum Gasteiger partial charge on any atom is -0.349 e. The van der Waals surface area contributed by atoms with Gasteiger partial charge in [0.15, 0.2) is 0 Å². The number of nitrogens with zero attached hydrogens (tertiary/aromatic N) is 3. The third-order valence-electron chi connectivity index (χ3n) is 3.14. The number of aromatic nitrogens is 1. The number of fused-ring (bicyclic) bond motifs is 1. The van der Waals surface area contributed by atoms with E-state index in [-0.39, 0.29) is 24.9 Å². The zero-order valence-corrected chi connectivity index (χ0v) is 13.2. The Morgan fingerprint density at radius 2 is 2.27 bits per heavy atom. The van der Waals surface area contributed by atoms with Crippen molar-refractivity contribution < 1.29 is 14.4 Å². The van der Waals surface area contributed by atoms with Crippen molar-refractivity contribution in [1.82, 2.24) is 15.2 Å². The molecule has 0 saturated heterocycles. The van der Waals surface area contributed by atoms with Gasteiger partial charge in [0.1, 0.15) is 10.9 Å². The lowest BCUT2D eigenvalue weighted by atomic mass is 10.2. The highest BCUT2D eigenvalue weighted by molar-refractivity contribution is 8.04. The highest BCUT2D eigenvalue weighted by Gasteiger charge is 2.38. The molecule has 9 heteroatoms. The van der Waals surface area contributed by atoms with Crippen LogP contribution in [0.4, 0.5) is 4.79 Å². The highest BCUT2D eigenvalue weighted by Crippen LogP contribution is 2.27. The summed E-state index contributed by atoms with van der Waals surface area (Å²) < 4.78 is 0. The number of rotatable bonds is 4. The van der Waals surface area contributed by atoms with E-state index < -0.39 is 11.3 Å². The number of allylic oxidation sites excluding steroid dienone is 1. The van der Waals surface area contributed by atoms with Crippen LogP contribution in [0.3, 0.4) is 0 Å². The Bertz CT molecular complexity index is 710. The van der Waals surface area contributed by atoms with E-state index in [1.807, 2.05) is 6.92 Å². The SMILES string of the molecule is Cc1nc(C(=O)NCCN2C(=O)N=C3C=CSC3C2=O)cs1. The normalized spacial score (nSPS) is 20.1. The predicted octanol–water partition coefficient (Wildman–Crippen LogP) is 1.21. The van der Waals surface area contributed by atoms with Gasteiger partial charge in [-0.2, -0.15) is 4.99 Å². The van der Waals surface area contributed by atoms with Gasteiger partial charge >= 0.3 is 6.03 Å². The largest absolute Gasteiger partial charge is 0.350 e. The van der Waals surface area contributed by atoms with E-state index in [1.54, 1.807) is 16.9 Å². The topological polar surface area (TPSA) is 91.7 Å². The monoisotopic (exact) mass is 336 g/mol. The first kappa shape index (κ1) is 14.9. The number of amides is 4. The van der Waals surface area contributed by atoms with Crippen molar-refractivity contribution in [2.24, 2.45) is 4.99 Å². The fourth-order valence-electron chi connectivity index (χ4n) is 2.08. The summed E-state index contributed by atoms with van der Waals surface area (Å²) in [6.45, 7) is 2.08. The molecule has 1 aromatic rings. The Morgan fingerprint density at radius 3 is 3.00 bits per heavy atom. The zero-order chi connectivity index (χ0) is 15.7. The number of carbonyl (C=O) groups is 3. The molecule has 0 saturated carbocycles. The van der Waals surface area contributed by atoms with E-state index in [0.29, 0.717) is 11.4 Å². The highest BCUT2D eigenvalue weighted by atomic mass is 32.2. The molecule has 0 spiro atoms. The molecule has 3 heterocycles. The first-order chi connectivity index (χ1) is 10.6. The number of nitrogens with one attached hydrogen (secondary N) is 1. The van der Waals surface area contributed by atoms with E-state index in [2.05, 4.69) is 15.3 Å². The fraction of sp³-hybridized carbons (Fsp3) is 0.308. The van der Waals surface area contributed by atoms with Crippen molar-refractivity contribution in [2.75, 3.05) is 13.1 Å². The molecule has 0 bridgehead atoms. The van der Waals surface area contributed by atoms with Crippen molar-refractivity contribution in [3.05, 3.63) is 27.6 Å². The summed E-state index contributed by atoms with van der Waals surface area (Å²) in [5, 5.41) is 6.44. The van der Waals surface area contributed by atoms with Crippen LogP contribution in [-0.4, -0.2) is 51.8 Å². The molecule has 0 aromatic carbocycles. The van der Waals surface area contributed by atoms with Crippen molar-refractivity contribution in [3.8, 4) is 0 Å². The zero-order valence-electron chi connectivity index (χ0n) is 11.6. The second-order valence-electron chi connectivity index (χ2n) is 4.64. The number of aliphatic imine (C=N–C) groups is 1. The molecule has 114 valence electrons. The van der Waals surface area contributed by atoms with Gasteiger partial charge in [0.2, 0.25) is 5.91 Å². The number of urea groups is 1. The number of imide groups is 1. The van der Waals surface area contributed by atoms with E-state index in [0.717, 1.165) is 9.91 Å². The van der Waals surface area contributed by atoms with Gasteiger partial charge in [-0.3, -0.25) is 14.5 Å². The van der Waals surface area contributed by atoms with Crippen molar-refractivity contribution in [1.29, 1.82) is 0 Å². The molecule has 4 amide bonds. The lowest BCUT2D eigenvalue weighted by Crippen LogP contribution is -2.49. The van der Waals surface area contributed by atoms with Gasteiger partial charge in [-0.05, 0) is 18.4 Å². The van der Waals surface area contributed by atoms with Gasteiger partial charge in [0, 0.05) is 18.5 Å². The van der Waals surface area contributed by atoms with E-state index >= 15 is 0 Å². The van der Waals surface area contributed by atoms with E-state index in [4.69, 9.17) is 0 Å². The summed E-state index contributed by atoms with van der Waals surface area (Å²) in [5.41, 5.74) is 0.841. The average molecular weight is 336 g/mol. The number of thiazole rings is 1. The van der Waals surface area contributed by atoms with Crippen LogP contribution in [0.25, 0.3) is 0 Å². The molecular formula is C13H12N4O3S2. The number of aryl methyl sites for hydroxylation is 1.